The average molecular weight is 472 g/mol. The molecule has 7 nitrogen and oxygen atoms in total. The number of piperazine rings is 1. The number of rotatable bonds is 8. The number of hydrogen-bond acceptors (Lipinski definition) is 5. The minimum Gasteiger partial charge on any atom is -0.495 e. The maximum Gasteiger partial charge on any atom is 0.325 e. The fraction of sp³-hybridized carbons (Fsp3) is 0.250. The van der Waals surface area contributed by atoms with Crippen LogP contribution in [0.1, 0.15) is 17.2 Å². The Morgan fingerprint density at radius 2 is 1.74 bits per heavy atom. The van der Waals surface area contributed by atoms with Crippen molar-refractivity contribution in [3.63, 3.8) is 0 Å². The van der Waals surface area contributed by atoms with Crippen LogP contribution in [0, 0.1) is 0 Å². The molecular weight excluding hydrogens is 442 g/mol. The predicted molar refractivity (Wildman–Crippen MR) is 136 cm³/mol. The Labute approximate surface area is 204 Å². The SMILES string of the molecule is COc1ccccc1N1CCN([C@@H](C(=O)O)c2c[nH]c3cc(OCc4ccccc4)ccc23)CC1. The van der Waals surface area contributed by atoms with Gasteiger partial charge in [-0.1, -0.05) is 42.5 Å². The summed E-state index contributed by atoms with van der Waals surface area (Å²) >= 11 is 0. The number of para-hydroxylation sites is 2. The Morgan fingerprint density at radius 1 is 1.00 bits per heavy atom. The van der Waals surface area contributed by atoms with Gasteiger partial charge in [-0.3, -0.25) is 9.69 Å². The summed E-state index contributed by atoms with van der Waals surface area (Å²) in [6, 6.07) is 23.0. The van der Waals surface area contributed by atoms with Gasteiger partial charge in [0.15, 0.2) is 0 Å². The van der Waals surface area contributed by atoms with Gasteiger partial charge in [-0.15, -0.1) is 0 Å². The molecule has 1 aromatic heterocycles. The molecule has 0 saturated carbocycles. The number of carboxylic acid groups (broad SMARTS) is 1. The van der Waals surface area contributed by atoms with Gasteiger partial charge < -0.3 is 24.5 Å². The van der Waals surface area contributed by atoms with Gasteiger partial charge in [0, 0.05) is 54.9 Å². The van der Waals surface area contributed by atoms with E-state index in [2.05, 4.69) is 9.88 Å². The number of methoxy groups -OCH3 is 1. The molecule has 0 aliphatic carbocycles. The number of H-pyrrole nitrogens is 1. The van der Waals surface area contributed by atoms with Crippen LogP contribution in [0.2, 0.25) is 0 Å². The van der Waals surface area contributed by atoms with E-state index >= 15 is 0 Å². The van der Waals surface area contributed by atoms with Crippen molar-refractivity contribution in [2.45, 2.75) is 12.6 Å². The fourth-order valence-corrected chi connectivity index (χ4v) is 4.78. The third-order valence-corrected chi connectivity index (χ3v) is 6.57. The summed E-state index contributed by atoms with van der Waals surface area (Å²) in [5.41, 5.74) is 3.77. The van der Waals surface area contributed by atoms with Gasteiger partial charge in [-0.2, -0.15) is 0 Å². The van der Waals surface area contributed by atoms with Crippen LogP contribution in [0.3, 0.4) is 0 Å². The second kappa shape index (κ2) is 10.1. The Balaban J connectivity index is 1.31. The summed E-state index contributed by atoms with van der Waals surface area (Å²) in [4.78, 5) is 19.9. The molecule has 1 aliphatic heterocycles. The van der Waals surface area contributed by atoms with Crippen molar-refractivity contribution >= 4 is 22.6 Å². The number of fused-ring (bicyclic) bond motifs is 1. The molecule has 0 radical (unpaired) electrons. The van der Waals surface area contributed by atoms with Crippen LogP contribution < -0.4 is 14.4 Å². The number of hydrogen-bond donors (Lipinski definition) is 2. The van der Waals surface area contributed by atoms with Gasteiger partial charge in [-0.05, 0) is 29.8 Å². The summed E-state index contributed by atoms with van der Waals surface area (Å²) in [5, 5.41) is 11.1. The molecule has 0 amide bonds. The Morgan fingerprint density at radius 3 is 2.49 bits per heavy atom. The lowest BCUT2D eigenvalue weighted by molar-refractivity contribution is -0.143. The highest BCUT2D eigenvalue weighted by Crippen LogP contribution is 2.33. The molecule has 2 N–H and O–H groups in total. The highest BCUT2D eigenvalue weighted by atomic mass is 16.5. The van der Waals surface area contributed by atoms with Crippen molar-refractivity contribution in [3.8, 4) is 11.5 Å². The molecular formula is C28H29N3O4. The van der Waals surface area contributed by atoms with Gasteiger partial charge >= 0.3 is 5.97 Å². The number of anilines is 1. The predicted octanol–water partition coefficient (Wildman–Crippen LogP) is 4.70. The third-order valence-electron chi connectivity index (χ3n) is 6.57. The highest BCUT2D eigenvalue weighted by Gasteiger charge is 2.32. The van der Waals surface area contributed by atoms with Crippen LogP contribution >= 0.6 is 0 Å². The van der Waals surface area contributed by atoms with E-state index < -0.39 is 12.0 Å². The van der Waals surface area contributed by atoms with E-state index in [1.54, 1.807) is 7.11 Å². The maximum atomic E-state index is 12.4. The van der Waals surface area contributed by atoms with E-state index in [9.17, 15) is 9.90 Å². The van der Waals surface area contributed by atoms with E-state index in [-0.39, 0.29) is 0 Å². The largest absolute Gasteiger partial charge is 0.495 e. The molecule has 1 aliphatic rings. The standard InChI is InChI=1S/C28H29N3O4/c1-34-26-10-6-5-9-25(26)30-13-15-31(16-14-30)27(28(32)33)23-18-29-24-17-21(11-12-22(23)24)35-19-20-7-3-2-4-8-20/h2-12,17-18,27,29H,13-16,19H2,1H3,(H,32,33)/t27-/m1/s1. The van der Waals surface area contributed by atoms with Crippen LogP contribution in [-0.4, -0.2) is 54.2 Å². The van der Waals surface area contributed by atoms with Gasteiger partial charge in [0.2, 0.25) is 0 Å². The molecule has 0 spiro atoms. The van der Waals surface area contributed by atoms with E-state index in [4.69, 9.17) is 9.47 Å². The second-order valence-corrected chi connectivity index (χ2v) is 8.66. The van der Waals surface area contributed by atoms with Crippen LogP contribution in [-0.2, 0) is 11.4 Å². The number of nitrogens with zero attached hydrogens (tertiary/aromatic N) is 2. The molecule has 2 heterocycles. The van der Waals surface area contributed by atoms with Crippen molar-refractivity contribution in [3.05, 3.63) is 90.1 Å². The van der Waals surface area contributed by atoms with Crippen molar-refractivity contribution in [2.75, 3.05) is 38.2 Å². The minimum atomic E-state index is -0.846. The van der Waals surface area contributed by atoms with Gasteiger partial charge in [0.1, 0.15) is 24.1 Å². The fourth-order valence-electron chi connectivity index (χ4n) is 4.78. The van der Waals surface area contributed by atoms with Gasteiger partial charge in [0.25, 0.3) is 0 Å². The molecule has 1 atom stereocenters. The number of aliphatic carboxylic acids is 1. The zero-order chi connectivity index (χ0) is 24.2. The van der Waals surface area contributed by atoms with E-state index in [0.717, 1.165) is 52.3 Å². The summed E-state index contributed by atoms with van der Waals surface area (Å²) in [7, 11) is 1.67. The Hall–Kier alpha value is -3.97. The normalized spacial score (nSPS) is 15.2. The first-order valence-corrected chi connectivity index (χ1v) is 11.8. The first kappa shape index (κ1) is 22.8. The van der Waals surface area contributed by atoms with E-state index in [1.807, 2.05) is 83.9 Å². The van der Waals surface area contributed by atoms with Crippen molar-refractivity contribution in [1.29, 1.82) is 0 Å². The first-order chi connectivity index (χ1) is 17.1. The zero-order valence-corrected chi connectivity index (χ0v) is 19.7. The number of carbonyl (C=O) groups is 1. The van der Waals surface area contributed by atoms with Crippen molar-refractivity contribution in [1.82, 2.24) is 9.88 Å². The average Bonchev–Trinajstić information content (AvgIpc) is 3.31. The van der Waals surface area contributed by atoms with Gasteiger partial charge in [-0.25, -0.2) is 0 Å². The molecule has 7 heteroatoms. The van der Waals surface area contributed by atoms with Crippen LogP contribution in [0.25, 0.3) is 10.9 Å². The molecule has 3 aromatic carbocycles. The highest BCUT2D eigenvalue weighted by molar-refractivity contribution is 5.90. The van der Waals surface area contributed by atoms with Crippen molar-refractivity contribution < 1.29 is 19.4 Å². The summed E-state index contributed by atoms with van der Waals surface area (Å²) in [5.74, 6) is 0.728. The van der Waals surface area contributed by atoms with E-state index in [1.165, 1.54) is 0 Å². The molecule has 1 saturated heterocycles. The second-order valence-electron chi connectivity index (χ2n) is 8.66. The Kier molecular flexibility index (Phi) is 6.59. The lowest BCUT2D eigenvalue weighted by Gasteiger charge is -2.39. The van der Waals surface area contributed by atoms with Gasteiger partial charge in [0.05, 0.1) is 12.8 Å². The van der Waals surface area contributed by atoms with Crippen LogP contribution in [0.4, 0.5) is 5.69 Å². The minimum absolute atomic E-state index is 0.480. The molecule has 180 valence electrons. The Bertz CT molecular complexity index is 1300. The number of aromatic amines is 1. The van der Waals surface area contributed by atoms with Crippen molar-refractivity contribution in [2.24, 2.45) is 0 Å². The first-order valence-electron chi connectivity index (χ1n) is 11.8. The number of ether oxygens (including phenoxy) is 2. The number of carboxylic acids is 1. The monoisotopic (exact) mass is 471 g/mol. The summed E-state index contributed by atoms with van der Waals surface area (Å²) < 4.78 is 11.5. The number of benzene rings is 3. The van der Waals surface area contributed by atoms with E-state index in [0.29, 0.717) is 19.7 Å². The molecule has 4 aromatic rings. The lowest BCUT2D eigenvalue weighted by atomic mass is 10.0. The third kappa shape index (κ3) is 4.81. The molecule has 5 rings (SSSR count). The summed E-state index contributed by atoms with van der Waals surface area (Å²) in [6.07, 6.45) is 1.82. The molecule has 1 fully saturated rings. The smallest absolute Gasteiger partial charge is 0.325 e. The number of nitrogens with one attached hydrogen (secondary N) is 1. The summed E-state index contributed by atoms with van der Waals surface area (Å²) in [6.45, 7) is 3.21. The maximum absolute atomic E-state index is 12.4. The quantitative estimate of drug-likeness (QED) is 0.388. The number of aromatic nitrogens is 1. The topological polar surface area (TPSA) is 78.0 Å². The van der Waals surface area contributed by atoms with Crippen LogP contribution in [0.15, 0.2) is 79.0 Å². The lowest BCUT2D eigenvalue weighted by Crippen LogP contribution is -2.49. The molecule has 0 bridgehead atoms. The molecule has 0 unspecified atom stereocenters. The molecule has 35 heavy (non-hydrogen) atoms. The zero-order valence-electron chi connectivity index (χ0n) is 19.7. The van der Waals surface area contributed by atoms with Crippen LogP contribution in [0.5, 0.6) is 11.5 Å².